The fourth-order valence-electron chi connectivity index (χ4n) is 2.44. The van der Waals surface area contributed by atoms with Gasteiger partial charge in [-0.05, 0) is 50.2 Å². The number of benzene rings is 2. The normalized spacial score (nSPS) is 12.0. The number of hydrogen-bond acceptors (Lipinski definition) is 5. The van der Waals surface area contributed by atoms with E-state index in [1.54, 1.807) is 6.92 Å². The highest BCUT2D eigenvalue weighted by atomic mass is 79.9. The third-order valence-corrected chi connectivity index (χ3v) is 5.41. The van der Waals surface area contributed by atoms with Gasteiger partial charge >= 0.3 is 0 Å². The van der Waals surface area contributed by atoms with Gasteiger partial charge in [-0.2, -0.15) is 0 Å². The van der Waals surface area contributed by atoms with Crippen molar-refractivity contribution in [3.63, 3.8) is 0 Å². The largest absolute Gasteiger partial charge is 0.494 e. The van der Waals surface area contributed by atoms with Crippen molar-refractivity contribution in [1.29, 1.82) is 0 Å². The molecule has 0 saturated heterocycles. The zero-order valence-electron chi connectivity index (χ0n) is 14.9. The summed E-state index contributed by atoms with van der Waals surface area (Å²) in [5, 5.41) is 8.83. The van der Waals surface area contributed by atoms with Crippen molar-refractivity contribution >= 4 is 33.6 Å². The number of nitrogens with zero attached hydrogens (tertiary/aromatic N) is 3. The summed E-state index contributed by atoms with van der Waals surface area (Å²) in [7, 11) is 0. The Balaban J connectivity index is 2.07. The molecule has 3 aromatic rings. The summed E-state index contributed by atoms with van der Waals surface area (Å²) in [4.78, 5) is 11.5. The molecule has 0 bridgehead atoms. The van der Waals surface area contributed by atoms with Crippen molar-refractivity contribution in [1.82, 2.24) is 14.8 Å². The highest BCUT2D eigenvalue weighted by Crippen LogP contribution is 2.31. The molecule has 1 aromatic heterocycles. The number of amides is 1. The van der Waals surface area contributed by atoms with Gasteiger partial charge in [0.05, 0.1) is 11.9 Å². The second-order valence-corrected chi connectivity index (χ2v) is 7.96. The van der Waals surface area contributed by atoms with Crippen molar-refractivity contribution in [2.75, 3.05) is 6.61 Å². The molecular formula is C19H19BrN4O2S. The second kappa shape index (κ2) is 8.58. The Labute approximate surface area is 170 Å². The van der Waals surface area contributed by atoms with Crippen molar-refractivity contribution in [3.05, 3.63) is 53.0 Å². The molecule has 8 heteroatoms. The first-order valence-corrected chi connectivity index (χ1v) is 10.1. The number of halogens is 1. The molecule has 0 saturated carbocycles. The van der Waals surface area contributed by atoms with Crippen LogP contribution >= 0.6 is 27.7 Å². The number of carbonyl (C=O) groups excluding carboxylic acids is 1. The Morgan fingerprint density at radius 1 is 1.19 bits per heavy atom. The minimum atomic E-state index is -0.423. The molecule has 140 valence electrons. The van der Waals surface area contributed by atoms with Gasteiger partial charge in [0.15, 0.2) is 11.0 Å². The van der Waals surface area contributed by atoms with E-state index in [2.05, 4.69) is 26.1 Å². The summed E-state index contributed by atoms with van der Waals surface area (Å²) in [6, 6.07) is 15.5. The summed E-state index contributed by atoms with van der Waals surface area (Å²) >= 11 is 4.73. The fraction of sp³-hybridized carbons (Fsp3) is 0.211. The highest BCUT2D eigenvalue weighted by Gasteiger charge is 2.20. The summed E-state index contributed by atoms with van der Waals surface area (Å²) in [5.74, 6) is 1.08. The van der Waals surface area contributed by atoms with E-state index in [4.69, 9.17) is 10.5 Å². The van der Waals surface area contributed by atoms with Crippen LogP contribution < -0.4 is 10.5 Å². The van der Waals surface area contributed by atoms with Crippen LogP contribution in [0.4, 0.5) is 0 Å². The van der Waals surface area contributed by atoms with Gasteiger partial charge in [-0.1, -0.05) is 39.8 Å². The molecule has 2 aromatic carbocycles. The quantitative estimate of drug-likeness (QED) is 0.553. The summed E-state index contributed by atoms with van der Waals surface area (Å²) < 4.78 is 8.42. The molecular weight excluding hydrogens is 428 g/mol. The van der Waals surface area contributed by atoms with Gasteiger partial charge in [-0.3, -0.25) is 9.36 Å². The highest BCUT2D eigenvalue weighted by molar-refractivity contribution is 9.10. The second-order valence-electron chi connectivity index (χ2n) is 5.74. The lowest BCUT2D eigenvalue weighted by Gasteiger charge is -2.13. The maximum atomic E-state index is 11.5. The van der Waals surface area contributed by atoms with Crippen LogP contribution in [0.15, 0.2) is 58.2 Å². The standard InChI is InChI=1S/C19H19BrN4O2S/c1-3-26-16-10-8-15(9-11-16)24-18(13-4-6-14(20)7-5-13)22-23-19(24)27-12(2)17(21)25/h4-12H,3H2,1-2H3,(H2,21,25)/t12-/m1/s1. The Bertz CT molecular complexity index is 926. The van der Waals surface area contributed by atoms with Gasteiger partial charge in [0.1, 0.15) is 5.75 Å². The van der Waals surface area contributed by atoms with E-state index in [0.29, 0.717) is 17.6 Å². The molecule has 0 radical (unpaired) electrons. The van der Waals surface area contributed by atoms with Crippen molar-refractivity contribution in [3.8, 4) is 22.8 Å². The predicted molar refractivity (Wildman–Crippen MR) is 110 cm³/mol. The maximum absolute atomic E-state index is 11.5. The topological polar surface area (TPSA) is 83.0 Å². The lowest BCUT2D eigenvalue weighted by molar-refractivity contribution is -0.117. The smallest absolute Gasteiger partial charge is 0.230 e. The molecule has 0 unspecified atom stereocenters. The summed E-state index contributed by atoms with van der Waals surface area (Å²) in [5.41, 5.74) is 7.21. The van der Waals surface area contributed by atoms with Gasteiger partial charge < -0.3 is 10.5 Å². The van der Waals surface area contributed by atoms with Crippen molar-refractivity contribution in [2.45, 2.75) is 24.3 Å². The maximum Gasteiger partial charge on any atom is 0.230 e. The predicted octanol–water partition coefficient (Wildman–Crippen LogP) is 4.06. The number of rotatable bonds is 7. The minimum absolute atomic E-state index is 0.397. The first-order valence-electron chi connectivity index (χ1n) is 8.40. The van der Waals surface area contributed by atoms with Crippen LogP contribution in [0.2, 0.25) is 0 Å². The van der Waals surface area contributed by atoms with Crippen LogP contribution in [0, 0.1) is 0 Å². The molecule has 3 rings (SSSR count). The van der Waals surface area contributed by atoms with Crippen molar-refractivity contribution in [2.24, 2.45) is 5.73 Å². The SMILES string of the molecule is CCOc1ccc(-n2c(S[C@H](C)C(N)=O)nnc2-c2ccc(Br)cc2)cc1. The van der Waals surface area contributed by atoms with E-state index in [0.717, 1.165) is 21.5 Å². The molecule has 1 amide bonds. The third kappa shape index (κ3) is 4.51. The van der Waals surface area contributed by atoms with Gasteiger partial charge in [0.2, 0.25) is 5.91 Å². The van der Waals surface area contributed by atoms with Crippen LogP contribution in [0.25, 0.3) is 17.1 Å². The first kappa shape index (κ1) is 19.4. The van der Waals surface area contributed by atoms with E-state index < -0.39 is 11.2 Å². The monoisotopic (exact) mass is 446 g/mol. The zero-order chi connectivity index (χ0) is 19.4. The average molecular weight is 447 g/mol. The van der Waals surface area contributed by atoms with Crippen LogP contribution in [-0.4, -0.2) is 32.5 Å². The zero-order valence-corrected chi connectivity index (χ0v) is 17.3. The van der Waals surface area contributed by atoms with Crippen molar-refractivity contribution < 1.29 is 9.53 Å². The Kier molecular flexibility index (Phi) is 6.18. The van der Waals surface area contributed by atoms with Gasteiger partial charge in [0, 0.05) is 15.7 Å². The molecule has 0 fully saturated rings. The average Bonchev–Trinajstić information content (AvgIpc) is 3.06. The number of ether oxygens (including phenoxy) is 1. The van der Waals surface area contributed by atoms with Gasteiger partial charge in [-0.25, -0.2) is 0 Å². The number of thioether (sulfide) groups is 1. The van der Waals surface area contributed by atoms with Crippen LogP contribution in [-0.2, 0) is 4.79 Å². The number of primary amides is 1. The number of nitrogens with two attached hydrogens (primary N) is 1. The lowest BCUT2D eigenvalue weighted by atomic mass is 10.2. The van der Waals surface area contributed by atoms with Gasteiger partial charge in [0.25, 0.3) is 0 Å². The molecule has 6 nitrogen and oxygen atoms in total. The number of carbonyl (C=O) groups is 1. The molecule has 1 atom stereocenters. The van der Waals surface area contributed by atoms with Gasteiger partial charge in [-0.15, -0.1) is 10.2 Å². The molecule has 27 heavy (non-hydrogen) atoms. The molecule has 2 N–H and O–H groups in total. The molecule has 0 aliphatic carbocycles. The van der Waals surface area contributed by atoms with E-state index in [1.165, 1.54) is 11.8 Å². The van der Waals surface area contributed by atoms with Crippen LogP contribution in [0.3, 0.4) is 0 Å². The third-order valence-electron chi connectivity index (χ3n) is 3.82. The van der Waals surface area contributed by atoms with E-state index in [1.807, 2.05) is 60.0 Å². The number of aromatic nitrogens is 3. The van der Waals surface area contributed by atoms with Crippen LogP contribution in [0.1, 0.15) is 13.8 Å². The summed E-state index contributed by atoms with van der Waals surface area (Å²) in [6.07, 6.45) is 0. The fourth-order valence-corrected chi connectivity index (χ4v) is 3.52. The van der Waals surface area contributed by atoms with E-state index in [-0.39, 0.29) is 0 Å². The van der Waals surface area contributed by atoms with Crippen LogP contribution in [0.5, 0.6) is 5.75 Å². The molecule has 0 aliphatic heterocycles. The molecule has 0 spiro atoms. The van der Waals surface area contributed by atoms with E-state index in [9.17, 15) is 4.79 Å². The minimum Gasteiger partial charge on any atom is -0.494 e. The number of hydrogen-bond donors (Lipinski definition) is 1. The Morgan fingerprint density at radius 3 is 2.44 bits per heavy atom. The van der Waals surface area contributed by atoms with E-state index >= 15 is 0 Å². The Morgan fingerprint density at radius 2 is 1.85 bits per heavy atom. The Hall–Kier alpha value is -2.32. The summed E-state index contributed by atoms with van der Waals surface area (Å²) in [6.45, 7) is 4.30. The first-order chi connectivity index (χ1) is 13.0. The lowest BCUT2D eigenvalue weighted by Crippen LogP contribution is -2.23. The molecule has 0 aliphatic rings. The molecule has 1 heterocycles.